The molecule has 0 unspecified atom stereocenters. The van der Waals surface area contributed by atoms with Gasteiger partial charge in [-0.15, -0.1) is 0 Å². The predicted molar refractivity (Wildman–Crippen MR) is 36.9 cm³/mol. The van der Waals surface area contributed by atoms with E-state index in [4.69, 9.17) is 10.1 Å². The third-order valence-electron chi connectivity index (χ3n) is 1.13. The van der Waals surface area contributed by atoms with Crippen LogP contribution in [0.1, 0.15) is 0 Å². The highest BCUT2D eigenvalue weighted by Crippen LogP contribution is 1.79. The van der Waals surface area contributed by atoms with Crippen LogP contribution in [0.15, 0.2) is 12.4 Å². The highest BCUT2D eigenvalue weighted by Gasteiger charge is 1.96. The maximum absolute atomic E-state index is 8.48. The number of aliphatic hydroxyl groups excluding tert-OH is 1. The lowest BCUT2D eigenvalue weighted by atomic mass is 9.93. The number of hydrogen-bond donors (Lipinski definition) is 2. The van der Waals surface area contributed by atoms with Gasteiger partial charge in [-0.1, -0.05) is 0 Å². The van der Waals surface area contributed by atoms with Crippen LogP contribution in [0, 0.1) is 0 Å². The van der Waals surface area contributed by atoms with Gasteiger partial charge in [-0.3, -0.25) is 4.68 Å². The van der Waals surface area contributed by atoms with E-state index in [1.165, 1.54) is 6.20 Å². The zero-order valence-corrected chi connectivity index (χ0v) is 5.44. The molecule has 0 aliphatic rings. The van der Waals surface area contributed by atoms with Crippen molar-refractivity contribution in [1.29, 1.82) is 0 Å². The molecule has 0 amide bonds. The first-order valence-electron chi connectivity index (χ1n) is 2.97. The third-order valence-corrected chi connectivity index (χ3v) is 1.13. The molecule has 1 aromatic rings. The molecule has 1 aromatic heterocycles. The van der Waals surface area contributed by atoms with Gasteiger partial charge >= 0.3 is 7.48 Å². The summed E-state index contributed by atoms with van der Waals surface area (Å²) in [6.07, 6.45) is 3.17. The molecule has 0 saturated carbocycles. The van der Waals surface area contributed by atoms with Crippen LogP contribution in [0.25, 0.3) is 0 Å². The maximum Gasteiger partial charge on any atom is 0.330 e. The van der Waals surface area contributed by atoms with E-state index in [0.29, 0.717) is 12.0 Å². The van der Waals surface area contributed by atoms with Crippen molar-refractivity contribution in [1.82, 2.24) is 9.78 Å². The molecule has 0 aromatic carbocycles. The van der Waals surface area contributed by atoms with Crippen molar-refractivity contribution < 1.29 is 10.1 Å². The minimum absolute atomic E-state index is 0.0621. The van der Waals surface area contributed by atoms with Crippen molar-refractivity contribution in [3.05, 3.63) is 12.4 Å². The second-order valence-electron chi connectivity index (χ2n) is 1.89. The van der Waals surface area contributed by atoms with Crippen molar-refractivity contribution in [3.8, 4) is 0 Å². The number of aromatic nitrogens is 2. The van der Waals surface area contributed by atoms with Crippen molar-refractivity contribution >= 4 is 12.9 Å². The Labute approximate surface area is 59.4 Å². The Morgan fingerprint density at radius 3 is 3.00 bits per heavy atom. The number of nitrogens with zero attached hydrogens (tertiary/aromatic N) is 2. The molecule has 0 fully saturated rings. The van der Waals surface area contributed by atoms with E-state index in [-0.39, 0.29) is 6.61 Å². The van der Waals surface area contributed by atoms with Crippen molar-refractivity contribution in [2.24, 2.45) is 0 Å². The van der Waals surface area contributed by atoms with E-state index in [1.807, 2.05) is 0 Å². The second kappa shape index (κ2) is 3.38. The smallest absolute Gasteiger partial charge is 0.330 e. The molecule has 0 aliphatic heterocycles. The standard InChI is InChI=1S/C5H8BN2O2/c9-2-1-8-4-5(6-10)3-7-8/h3-4,9-10H,1-2H2. The Morgan fingerprint density at radius 2 is 2.50 bits per heavy atom. The fraction of sp³-hybridized carbons (Fsp3) is 0.400. The molecule has 2 N–H and O–H groups in total. The monoisotopic (exact) mass is 139 g/mol. The van der Waals surface area contributed by atoms with Crippen LogP contribution >= 0.6 is 0 Å². The van der Waals surface area contributed by atoms with Crippen LogP contribution in [0.5, 0.6) is 0 Å². The van der Waals surface area contributed by atoms with Crippen LogP contribution in [-0.4, -0.2) is 34.0 Å². The Hall–Kier alpha value is -0.805. The highest BCUT2D eigenvalue weighted by molar-refractivity contribution is 6.45. The fourth-order valence-electron chi connectivity index (χ4n) is 0.671. The Kier molecular flexibility index (Phi) is 2.47. The number of hydrogen-bond acceptors (Lipinski definition) is 3. The Bertz CT molecular complexity index is 201. The number of aliphatic hydroxyl groups is 1. The van der Waals surface area contributed by atoms with Gasteiger partial charge in [-0.25, -0.2) is 0 Å². The zero-order valence-electron chi connectivity index (χ0n) is 5.44. The summed E-state index contributed by atoms with van der Waals surface area (Å²) in [4.78, 5) is 0. The van der Waals surface area contributed by atoms with Crippen molar-refractivity contribution in [3.63, 3.8) is 0 Å². The molecule has 5 heteroatoms. The minimum atomic E-state index is 0.0621. The van der Waals surface area contributed by atoms with E-state index in [2.05, 4.69) is 5.10 Å². The third kappa shape index (κ3) is 1.59. The summed E-state index contributed by atoms with van der Waals surface area (Å²) in [5.74, 6) is 0. The van der Waals surface area contributed by atoms with E-state index >= 15 is 0 Å². The number of rotatable bonds is 3. The maximum atomic E-state index is 8.48. The normalized spacial score (nSPS) is 9.80. The van der Waals surface area contributed by atoms with E-state index in [0.717, 1.165) is 7.48 Å². The Balaban J connectivity index is 2.59. The fourth-order valence-corrected chi connectivity index (χ4v) is 0.671. The molecule has 10 heavy (non-hydrogen) atoms. The van der Waals surface area contributed by atoms with Gasteiger partial charge < -0.3 is 10.1 Å². The summed E-state index contributed by atoms with van der Waals surface area (Å²) in [7, 11) is 0.973. The van der Waals surface area contributed by atoms with Crippen LogP contribution in [0.2, 0.25) is 0 Å². The van der Waals surface area contributed by atoms with Crippen molar-refractivity contribution in [2.45, 2.75) is 6.54 Å². The molecule has 53 valence electrons. The molecule has 0 atom stereocenters. The molecule has 4 nitrogen and oxygen atoms in total. The van der Waals surface area contributed by atoms with Crippen LogP contribution in [0.3, 0.4) is 0 Å². The summed E-state index contributed by atoms with van der Waals surface area (Å²) in [5, 5.41) is 20.8. The zero-order chi connectivity index (χ0) is 7.40. The van der Waals surface area contributed by atoms with Gasteiger partial charge in [0.15, 0.2) is 0 Å². The topological polar surface area (TPSA) is 58.3 Å². The van der Waals surface area contributed by atoms with E-state index in [9.17, 15) is 0 Å². The van der Waals surface area contributed by atoms with Gasteiger partial charge in [-0.05, 0) is 5.46 Å². The van der Waals surface area contributed by atoms with E-state index < -0.39 is 0 Å². The van der Waals surface area contributed by atoms with Gasteiger partial charge in [0.25, 0.3) is 0 Å². The summed E-state index contributed by atoms with van der Waals surface area (Å²) in [5.41, 5.74) is 0.647. The molecule has 0 aliphatic carbocycles. The quantitative estimate of drug-likeness (QED) is 0.481. The van der Waals surface area contributed by atoms with Crippen LogP contribution in [0.4, 0.5) is 0 Å². The summed E-state index contributed by atoms with van der Waals surface area (Å²) in [6, 6.07) is 0. The van der Waals surface area contributed by atoms with E-state index in [1.54, 1.807) is 10.9 Å². The average molecular weight is 139 g/mol. The molecule has 0 bridgehead atoms. The molecule has 1 radical (unpaired) electrons. The first-order chi connectivity index (χ1) is 4.86. The summed E-state index contributed by atoms with van der Waals surface area (Å²) in [6.45, 7) is 0.528. The van der Waals surface area contributed by atoms with Crippen LogP contribution in [-0.2, 0) is 6.54 Å². The van der Waals surface area contributed by atoms with Crippen molar-refractivity contribution in [2.75, 3.05) is 6.61 Å². The predicted octanol–water partition coefficient (Wildman–Crippen LogP) is -1.89. The molecular formula is C5H8BN2O2. The Morgan fingerprint density at radius 1 is 1.70 bits per heavy atom. The summed E-state index contributed by atoms with van der Waals surface area (Å²) >= 11 is 0. The van der Waals surface area contributed by atoms with Gasteiger partial charge in [0.2, 0.25) is 0 Å². The molecule has 0 saturated heterocycles. The molecule has 1 heterocycles. The average Bonchev–Trinajstić information content (AvgIpc) is 2.37. The van der Waals surface area contributed by atoms with Gasteiger partial charge in [0.1, 0.15) is 0 Å². The lowest BCUT2D eigenvalue weighted by Crippen LogP contribution is -2.11. The SMILES string of the molecule is O[B]c1cnn(CCO)c1. The lowest BCUT2D eigenvalue weighted by Gasteiger charge is -1.93. The van der Waals surface area contributed by atoms with Crippen LogP contribution < -0.4 is 5.46 Å². The highest BCUT2D eigenvalue weighted by atomic mass is 16.3. The van der Waals surface area contributed by atoms with Gasteiger partial charge in [0, 0.05) is 12.4 Å². The lowest BCUT2D eigenvalue weighted by molar-refractivity contribution is 0.269. The minimum Gasteiger partial charge on any atom is -0.450 e. The first-order valence-corrected chi connectivity index (χ1v) is 2.97. The first kappa shape index (κ1) is 7.30. The molecular weight excluding hydrogens is 131 g/mol. The summed E-state index contributed by atoms with van der Waals surface area (Å²) < 4.78 is 1.56. The second-order valence-corrected chi connectivity index (χ2v) is 1.89. The van der Waals surface area contributed by atoms with Gasteiger partial charge in [-0.2, -0.15) is 5.10 Å². The molecule has 0 spiro atoms. The van der Waals surface area contributed by atoms with Gasteiger partial charge in [0.05, 0.1) is 13.2 Å². The largest absolute Gasteiger partial charge is 0.450 e. The molecule has 1 rings (SSSR count).